The molecule has 0 N–H and O–H groups in total. The molecule has 1 aromatic heterocycles. The molecule has 3 saturated heterocycles. The number of amides is 3. The average Bonchev–Trinajstić information content (AvgIpc) is 3.55. The summed E-state index contributed by atoms with van der Waals surface area (Å²) in [5.74, 6) is 0.0562. The van der Waals surface area contributed by atoms with Gasteiger partial charge in [0.15, 0.2) is 5.76 Å². The molecule has 180 valence electrons. The van der Waals surface area contributed by atoms with E-state index >= 15 is 0 Å². The number of benzene rings is 1. The van der Waals surface area contributed by atoms with E-state index in [0.717, 1.165) is 32.5 Å². The fraction of sp³-hybridized carbons (Fsp3) is 0.500. The molecule has 3 aliphatic heterocycles. The number of furan rings is 1. The van der Waals surface area contributed by atoms with Crippen molar-refractivity contribution in [2.45, 2.75) is 31.8 Å². The lowest BCUT2D eigenvalue weighted by Crippen LogP contribution is -2.52. The Morgan fingerprint density at radius 2 is 1.59 bits per heavy atom. The van der Waals surface area contributed by atoms with Crippen LogP contribution in [0.15, 0.2) is 53.1 Å². The van der Waals surface area contributed by atoms with E-state index in [0.29, 0.717) is 44.9 Å². The molecule has 3 aliphatic rings. The molecule has 2 aromatic rings. The van der Waals surface area contributed by atoms with E-state index in [9.17, 15) is 14.4 Å². The number of hydrogen-bond donors (Lipinski definition) is 0. The van der Waals surface area contributed by atoms with Gasteiger partial charge in [-0.05, 0) is 30.5 Å². The molecule has 0 unspecified atom stereocenters. The molecule has 8 nitrogen and oxygen atoms in total. The van der Waals surface area contributed by atoms with Gasteiger partial charge in [0.2, 0.25) is 11.8 Å². The predicted octanol–water partition coefficient (Wildman–Crippen LogP) is 2.08. The normalized spacial score (nSPS) is 22.4. The molecule has 0 radical (unpaired) electrons. The first-order chi connectivity index (χ1) is 16.6. The van der Waals surface area contributed by atoms with Crippen LogP contribution in [0.3, 0.4) is 0 Å². The number of likely N-dealkylation sites (tertiary alicyclic amines) is 2. The van der Waals surface area contributed by atoms with Gasteiger partial charge < -0.3 is 19.1 Å². The molecular weight excluding hydrogens is 432 g/mol. The summed E-state index contributed by atoms with van der Waals surface area (Å²) < 4.78 is 5.20. The Labute approximate surface area is 200 Å². The average molecular weight is 465 g/mol. The Hall–Kier alpha value is -3.13. The second-order valence-corrected chi connectivity index (χ2v) is 9.53. The van der Waals surface area contributed by atoms with Crippen LogP contribution in [0, 0.1) is 5.92 Å². The highest BCUT2D eigenvalue weighted by atomic mass is 16.3. The minimum absolute atomic E-state index is 0.0439. The van der Waals surface area contributed by atoms with E-state index in [1.54, 1.807) is 17.0 Å². The van der Waals surface area contributed by atoms with Gasteiger partial charge in [-0.25, -0.2) is 0 Å². The highest BCUT2D eigenvalue weighted by Crippen LogP contribution is 2.27. The maximum absolute atomic E-state index is 13.2. The van der Waals surface area contributed by atoms with Crippen LogP contribution < -0.4 is 0 Å². The molecule has 3 fully saturated rings. The molecule has 1 atom stereocenters. The number of rotatable bonds is 5. The molecule has 0 aliphatic carbocycles. The van der Waals surface area contributed by atoms with Crippen molar-refractivity contribution < 1.29 is 18.8 Å². The van der Waals surface area contributed by atoms with Crippen LogP contribution in [0.2, 0.25) is 0 Å². The van der Waals surface area contributed by atoms with Crippen molar-refractivity contribution in [2.75, 3.05) is 45.8 Å². The Bertz CT molecular complexity index is 993. The molecule has 34 heavy (non-hydrogen) atoms. The summed E-state index contributed by atoms with van der Waals surface area (Å²) in [5, 5.41) is 0. The second-order valence-electron chi connectivity index (χ2n) is 9.53. The van der Waals surface area contributed by atoms with Crippen molar-refractivity contribution in [3.05, 3.63) is 60.1 Å². The summed E-state index contributed by atoms with van der Waals surface area (Å²) in [7, 11) is 0. The van der Waals surface area contributed by atoms with Crippen molar-refractivity contribution >= 4 is 17.7 Å². The van der Waals surface area contributed by atoms with E-state index < -0.39 is 0 Å². The second kappa shape index (κ2) is 10.0. The zero-order chi connectivity index (χ0) is 23.5. The Morgan fingerprint density at radius 1 is 0.882 bits per heavy atom. The highest BCUT2D eigenvalue weighted by molar-refractivity contribution is 5.92. The topological polar surface area (TPSA) is 77.3 Å². The van der Waals surface area contributed by atoms with Gasteiger partial charge in [0.1, 0.15) is 0 Å². The van der Waals surface area contributed by atoms with Gasteiger partial charge in [-0.15, -0.1) is 0 Å². The molecule has 1 aromatic carbocycles. The van der Waals surface area contributed by atoms with Gasteiger partial charge in [0, 0.05) is 64.8 Å². The van der Waals surface area contributed by atoms with Crippen LogP contribution in [0.4, 0.5) is 0 Å². The smallest absolute Gasteiger partial charge is 0.289 e. The monoisotopic (exact) mass is 464 g/mol. The Morgan fingerprint density at radius 3 is 2.26 bits per heavy atom. The molecule has 0 spiro atoms. The van der Waals surface area contributed by atoms with Crippen molar-refractivity contribution in [3.63, 3.8) is 0 Å². The number of nitrogens with zero attached hydrogens (tertiary/aromatic N) is 4. The lowest BCUT2D eigenvalue weighted by Gasteiger charge is -2.37. The number of carbonyl (C=O) groups excluding carboxylic acids is 3. The first kappa shape index (κ1) is 22.7. The first-order valence-corrected chi connectivity index (χ1v) is 12.3. The molecule has 4 heterocycles. The van der Waals surface area contributed by atoms with Crippen LogP contribution in [-0.2, 0) is 16.1 Å². The molecule has 8 heteroatoms. The zero-order valence-corrected chi connectivity index (χ0v) is 19.5. The van der Waals surface area contributed by atoms with Gasteiger partial charge in [-0.3, -0.25) is 19.3 Å². The summed E-state index contributed by atoms with van der Waals surface area (Å²) in [6, 6.07) is 14.1. The number of piperazine rings is 1. The third kappa shape index (κ3) is 4.87. The van der Waals surface area contributed by atoms with Crippen LogP contribution in [0.5, 0.6) is 0 Å². The summed E-state index contributed by atoms with van der Waals surface area (Å²) in [6.45, 7) is 5.34. The van der Waals surface area contributed by atoms with Gasteiger partial charge in [-0.2, -0.15) is 0 Å². The lowest BCUT2D eigenvalue weighted by molar-refractivity contribution is -0.137. The third-order valence-corrected chi connectivity index (χ3v) is 7.37. The summed E-state index contributed by atoms with van der Waals surface area (Å²) in [4.78, 5) is 46.3. The van der Waals surface area contributed by atoms with Crippen LogP contribution in [0.1, 0.15) is 35.4 Å². The SMILES string of the molecule is O=C(c1ccco1)N1CCN(C(=O)[C@@H]2CC(=O)N(C3CCN(Cc4ccccc4)CC3)C2)CC1. The lowest BCUT2D eigenvalue weighted by atomic mass is 10.0. The van der Waals surface area contributed by atoms with E-state index in [2.05, 4.69) is 29.2 Å². The minimum Gasteiger partial charge on any atom is -0.459 e. The summed E-state index contributed by atoms with van der Waals surface area (Å²) in [5.41, 5.74) is 1.31. The molecule has 0 bridgehead atoms. The number of hydrogen-bond acceptors (Lipinski definition) is 5. The van der Waals surface area contributed by atoms with Crippen molar-refractivity contribution in [1.29, 1.82) is 0 Å². The fourth-order valence-electron chi connectivity index (χ4n) is 5.42. The quantitative estimate of drug-likeness (QED) is 0.677. The Kier molecular flexibility index (Phi) is 6.67. The predicted molar refractivity (Wildman–Crippen MR) is 126 cm³/mol. The molecule has 5 rings (SSSR count). The highest BCUT2D eigenvalue weighted by Gasteiger charge is 2.41. The van der Waals surface area contributed by atoms with Gasteiger partial charge in [-0.1, -0.05) is 30.3 Å². The van der Waals surface area contributed by atoms with Gasteiger partial charge in [0.25, 0.3) is 5.91 Å². The fourth-order valence-corrected chi connectivity index (χ4v) is 5.42. The largest absolute Gasteiger partial charge is 0.459 e. The number of piperidine rings is 1. The summed E-state index contributed by atoms with van der Waals surface area (Å²) in [6.07, 6.45) is 3.69. The zero-order valence-electron chi connectivity index (χ0n) is 19.5. The maximum Gasteiger partial charge on any atom is 0.289 e. The van der Waals surface area contributed by atoms with E-state index in [1.807, 2.05) is 15.9 Å². The van der Waals surface area contributed by atoms with E-state index in [4.69, 9.17) is 4.42 Å². The minimum atomic E-state index is -0.276. The van der Waals surface area contributed by atoms with Crippen LogP contribution in [0.25, 0.3) is 0 Å². The van der Waals surface area contributed by atoms with Gasteiger partial charge >= 0.3 is 0 Å². The van der Waals surface area contributed by atoms with Crippen molar-refractivity contribution in [1.82, 2.24) is 19.6 Å². The van der Waals surface area contributed by atoms with Crippen LogP contribution in [-0.4, -0.2) is 89.2 Å². The number of carbonyl (C=O) groups is 3. The van der Waals surface area contributed by atoms with Crippen molar-refractivity contribution in [2.24, 2.45) is 5.92 Å². The Balaban J connectivity index is 1.09. The van der Waals surface area contributed by atoms with Crippen LogP contribution >= 0.6 is 0 Å². The molecule has 3 amide bonds. The van der Waals surface area contributed by atoms with E-state index in [1.165, 1.54) is 11.8 Å². The first-order valence-electron chi connectivity index (χ1n) is 12.3. The maximum atomic E-state index is 13.2. The standard InChI is InChI=1S/C26H32N4O4/c31-24-17-21(25(32)28-12-14-29(15-13-28)26(33)23-7-4-16-34-23)19-30(24)22-8-10-27(11-9-22)18-20-5-2-1-3-6-20/h1-7,16,21-22H,8-15,17-19H2/t21-/m1/s1. The third-order valence-electron chi connectivity index (χ3n) is 7.37. The van der Waals surface area contributed by atoms with Gasteiger partial charge in [0.05, 0.1) is 12.2 Å². The summed E-state index contributed by atoms with van der Waals surface area (Å²) >= 11 is 0. The molecular formula is C26H32N4O4. The van der Waals surface area contributed by atoms with Crippen molar-refractivity contribution in [3.8, 4) is 0 Å². The molecule has 0 saturated carbocycles. The van der Waals surface area contributed by atoms with E-state index in [-0.39, 0.29) is 29.7 Å².